The van der Waals surface area contributed by atoms with Crippen molar-refractivity contribution in [2.24, 2.45) is 0 Å². The van der Waals surface area contributed by atoms with Gasteiger partial charge >= 0.3 is 0 Å². The first kappa shape index (κ1) is 19.6. The number of nitrogens with zero attached hydrogens (tertiary/aromatic N) is 5. The van der Waals surface area contributed by atoms with E-state index in [2.05, 4.69) is 15.1 Å². The molecular formula is C21H21N5O4. The fourth-order valence-electron chi connectivity index (χ4n) is 3.31. The summed E-state index contributed by atoms with van der Waals surface area (Å²) in [6, 6.07) is 12.1. The van der Waals surface area contributed by atoms with Crippen LogP contribution >= 0.6 is 0 Å². The Morgan fingerprint density at radius 1 is 1.13 bits per heavy atom. The van der Waals surface area contributed by atoms with Crippen LogP contribution in [0, 0.1) is 0 Å². The summed E-state index contributed by atoms with van der Waals surface area (Å²) >= 11 is 0. The number of ether oxygens (including phenoxy) is 1. The van der Waals surface area contributed by atoms with Crippen molar-refractivity contribution in [3.63, 3.8) is 0 Å². The number of piperazine rings is 1. The van der Waals surface area contributed by atoms with Crippen LogP contribution < -0.4 is 4.74 Å². The molecular weight excluding hydrogens is 386 g/mol. The molecule has 1 atom stereocenters. The van der Waals surface area contributed by atoms with Crippen LogP contribution in [0.3, 0.4) is 0 Å². The third-order valence-electron chi connectivity index (χ3n) is 4.92. The molecule has 9 heteroatoms. The van der Waals surface area contributed by atoms with Crippen LogP contribution in [0.25, 0.3) is 11.4 Å². The number of pyridine rings is 1. The van der Waals surface area contributed by atoms with Crippen LogP contribution in [-0.4, -0.2) is 63.0 Å². The Labute approximate surface area is 173 Å². The standard InChI is InChI=1S/C21H21N5O4/c1-15(27)25-11-12-26(19(28)14-29-17-5-3-2-4-6-17)18(13-25)21-23-20(24-30-21)16-7-9-22-10-8-16/h2-10,18H,11-14H2,1H3. The average Bonchev–Trinajstić information content (AvgIpc) is 3.28. The summed E-state index contributed by atoms with van der Waals surface area (Å²) < 4.78 is 11.1. The highest BCUT2D eigenvalue weighted by atomic mass is 16.5. The molecule has 0 aliphatic carbocycles. The van der Waals surface area contributed by atoms with Crippen molar-refractivity contribution in [1.29, 1.82) is 0 Å². The predicted molar refractivity (Wildman–Crippen MR) is 106 cm³/mol. The molecule has 1 aliphatic rings. The molecule has 30 heavy (non-hydrogen) atoms. The molecule has 1 unspecified atom stereocenters. The summed E-state index contributed by atoms with van der Waals surface area (Å²) in [5.41, 5.74) is 0.754. The number of amides is 2. The van der Waals surface area contributed by atoms with E-state index in [9.17, 15) is 9.59 Å². The topological polar surface area (TPSA) is 102 Å². The smallest absolute Gasteiger partial charge is 0.261 e. The van der Waals surface area contributed by atoms with Crippen molar-refractivity contribution < 1.29 is 18.8 Å². The van der Waals surface area contributed by atoms with Gasteiger partial charge in [-0.15, -0.1) is 0 Å². The van der Waals surface area contributed by atoms with E-state index in [0.717, 1.165) is 5.56 Å². The maximum Gasteiger partial charge on any atom is 0.261 e. The number of carbonyl (C=O) groups excluding carboxylic acids is 2. The van der Waals surface area contributed by atoms with Gasteiger partial charge in [0.25, 0.3) is 11.8 Å². The molecule has 0 saturated carbocycles. The van der Waals surface area contributed by atoms with Crippen LogP contribution in [0.2, 0.25) is 0 Å². The van der Waals surface area contributed by atoms with Crippen LogP contribution in [0.4, 0.5) is 0 Å². The van der Waals surface area contributed by atoms with Crippen LogP contribution in [-0.2, 0) is 9.59 Å². The second-order valence-electron chi connectivity index (χ2n) is 6.86. The molecule has 1 saturated heterocycles. The minimum Gasteiger partial charge on any atom is -0.484 e. The predicted octanol–water partition coefficient (Wildman–Crippen LogP) is 1.94. The molecule has 154 valence electrons. The second-order valence-corrected chi connectivity index (χ2v) is 6.86. The maximum absolute atomic E-state index is 12.9. The Balaban J connectivity index is 1.54. The average molecular weight is 407 g/mol. The lowest BCUT2D eigenvalue weighted by molar-refractivity contribution is -0.144. The molecule has 4 rings (SSSR count). The fourth-order valence-corrected chi connectivity index (χ4v) is 3.31. The number of aromatic nitrogens is 3. The number of carbonyl (C=O) groups is 2. The molecule has 3 heterocycles. The highest BCUT2D eigenvalue weighted by molar-refractivity contribution is 5.79. The van der Waals surface area contributed by atoms with Crippen molar-refractivity contribution in [3.05, 3.63) is 60.7 Å². The maximum atomic E-state index is 12.9. The third kappa shape index (κ3) is 4.29. The SMILES string of the molecule is CC(=O)N1CCN(C(=O)COc2ccccc2)C(c2nc(-c3ccncc3)no2)C1. The fraction of sp³-hybridized carbons (Fsp3) is 0.286. The van der Waals surface area contributed by atoms with Gasteiger partial charge < -0.3 is 19.1 Å². The Morgan fingerprint density at radius 3 is 2.63 bits per heavy atom. The Bertz CT molecular complexity index is 1010. The quantitative estimate of drug-likeness (QED) is 0.637. The molecule has 3 aromatic rings. The lowest BCUT2D eigenvalue weighted by Crippen LogP contribution is -2.53. The lowest BCUT2D eigenvalue weighted by Gasteiger charge is -2.39. The summed E-state index contributed by atoms with van der Waals surface area (Å²) in [5.74, 6) is 1.01. The largest absolute Gasteiger partial charge is 0.484 e. The van der Waals surface area contributed by atoms with Crippen molar-refractivity contribution in [2.75, 3.05) is 26.2 Å². The van der Waals surface area contributed by atoms with Gasteiger partial charge in [0, 0.05) is 38.0 Å². The van der Waals surface area contributed by atoms with Gasteiger partial charge in [0.05, 0.1) is 6.54 Å². The zero-order chi connectivity index (χ0) is 20.9. The number of rotatable bonds is 5. The molecule has 0 radical (unpaired) electrons. The number of para-hydroxylation sites is 1. The van der Waals surface area contributed by atoms with Gasteiger partial charge in [0.1, 0.15) is 11.8 Å². The van der Waals surface area contributed by atoms with Crippen molar-refractivity contribution >= 4 is 11.8 Å². The van der Waals surface area contributed by atoms with E-state index >= 15 is 0 Å². The number of hydrogen-bond acceptors (Lipinski definition) is 7. The van der Waals surface area contributed by atoms with E-state index < -0.39 is 6.04 Å². The molecule has 9 nitrogen and oxygen atoms in total. The Morgan fingerprint density at radius 2 is 1.90 bits per heavy atom. The summed E-state index contributed by atoms with van der Waals surface area (Å²) in [7, 11) is 0. The molecule has 2 amide bonds. The summed E-state index contributed by atoms with van der Waals surface area (Å²) in [6.07, 6.45) is 3.28. The monoisotopic (exact) mass is 407 g/mol. The van der Waals surface area contributed by atoms with Gasteiger partial charge in [-0.05, 0) is 24.3 Å². The Kier molecular flexibility index (Phi) is 5.69. The molecule has 1 aliphatic heterocycles. The number of benzene rings is 1. The molecule has 0 spiro atoms. The van der Waals surface area contributed by atoms with Gasteiger partial charge in [-0.1, -0.05) is 23.4 Å². The van der Waals surface area contributed by atoms with Crippen molar-refractivity contribution in [2.45, 2.75) is 13.0 Å². The zero-order valence-electron chi connectivity index (χ0n) is 16.5. The van der Waals surface area contributed by atoms with Crippen molar-refractivity contribution in [1.82, 2.24) is 24.9 Å². The Hall–Kier alpha value is -3.75. The van der Waals surface area contributed by atoms with Gasteiger partial charge in [-0.3, -0.25) is 14.6 Å². The summed E-state index contributed by atoms with van der Waals surface area (Å²) in [5, 5.41) is 4.03. The molecule has 2 aromatic heterocycles. The van der Waals surface area contributed by atoms with Crippen molar-refractivity contribution in [3.8, 4) is 17.1 Å². The van der Waals surface area contributed by atoms with Gasteiger partial charge in [-0.2, -0.15) is 4.98 Å². The van der Waals surface area contributed by atoms with E-state index in [4.69, 9.17) is 9.26 Å². The van der Waals surface area contributed by atoms with Gasteiger partial charge in [0.15, 0.2) is 6.61 Å². The zero-order valence-corrected chi connectivity index (χ0v) is 16.5. The number of hydrogen-bond donors (Lipinski definition) is 0. The molecule has 0 bridgehead atoms. The van der Waals surface area contributed by atoms with Gasteiger partial charge in [-0.25, -0.2) is 0 Å². The lowest BCUT2D eigenvalue weighted by atomic mass is 10.1. The second kappa shape index (κ2) is 8.73. The normalized spacial score (nSPS) is 16.4. The molecule has 1 aromatic carbocycles. The minimum atomic E-state index is -0.544. The molecule has 1 fully saturated rings. The highest BCUT2D eigenvalue weighted by Gasteiger charge is 2.36. The van der Waals surface area contributed by atoms with Crippen LogP contribution in [0.1, 0.15) is 18.9 Å². The minimum absolute atomic E-state index is 0.0680. The first-order valence-corrected chi connectivity index (χ1v) is 9.58. The first-order valence-electron chi connectivity index (χ1n) is 9.58. The first-order chi connectivity index (χ1) is 14.6. The van der Waals surface area contributed by atoms with E-state index in [1.807, 2.05) is 18.2 Å². The third-order valence-corrected chi connectivity index (χ3v) is 4.92. The molecule has 0 N–H and O–H groups in total. The summed E-state index contributed by atoms with van der Waals surface area (Å²) in [6.45, 7) is 2.46. The van der Waals surface area contributed by atoms with Gasteiger partial charge in [0.2, 0.25) is 11.7 Å². The summed E-state index contributed by atoms with van der Waals surface area (Å²) in [4.78, 5) is 36.6. The van der Waals surface area contributed by atoms with E-state index in [1.54, 1.807) is 46.5 Å². The van der Waals surface area contributed by atoms with E-state index in [1.165, 1.54) is 6.92 Å². The van der Waals surface area contributed by atoms with Crippen LogP contribution in [0.5, 0.6) is 5.75 Å². The van der Waals surface area contributed by atoms with E-state index in [-0.39, 0.29) is 30.9 Å². The highest BCUT2D eigenvalue weighted by Crippen LogP contribution is 2.27. The van der Waals surface area contributed by atoms with Crippen LogP contribution in [0.15, 0.2) is 59.4 Å². The van der Waals surface area contributed by atoms with E-state index in [0.29, 0.717) is 24.7 Å².